The summed E-state index contributed by atoms with van der Waals surface area (Å²) in [6, 6.07) is 17.5. The predicted molar refractivity (Wildman–Crippen MR) is 89.5 cm³/mol. The minimum Gasteiger partial charge on any atom is -0.483 e. The maximum absolute atomic E-state index is 11.7. The van der Waals surface area contributed by atoms with E-state index in [2.05, 4.69) is 10.5 Å². The Balaban J connectivity index is 1.58. The van der Waals surface area contributed by atoms with Crippen LogP contribution < -0.4 is 10.2 Å². The Morgan fingerprint density at radius 3 is 2.86 bits per heavy atom. The van der Waals surface area contributed by atoms with Crippen LogP contribution in [0, 0.1) is 0 Å². The third kappa shape index (κ3) is 3.51. The van der Waals surface area contributed by atoms with Crippen molar-refractivity contribution in [2.45, 2.75) is 0 Å². The molecule has 2 aromatic carbocycles. The minimum atomic E-state index is -0.291. The second kappa shape index (κ2) is 6.87. The molecule has 3 aromatic rings. The summed E-state index contributed by atoms with van der Waals surface area (Å²) in [5.74, 6) is 0.399. The largest absolute Gasteiger partial charge is 0.483 e. The van der Waals surface area contributed by atoms with Crippen LogP contribution >= 0.6 is 11.3 Å². The highest BCUT2D eigenvalue weighted by atomic mass is 32.1. The SMILES string of the molecule is O=C(COc1cccc2ccccc12)NN=Cc1cccs1. The molecule has 4 nitrogen and oxygen atoms in total. The number of fused-ring (bicyclic) bond motifs is 1. The van der Waals surface area contributed by atoms with Crippen molar-refractivity contribution in [2.24, 2.45) is 5.10 Å². The summed E-state index contributed by atoms with van der Waals surface area (Å²) in [7, 11) is 0. The lowest BCUT2D eigenvalue weighted by Gasteiger charge is -2.08. The lowest BCUT2D eigenvalue weighted by atomic mass is 10.1. The van der Waals surface area contributed by atoms with Gasteiger partial charge in [0.1, 0.15) is 5.75 Å². The van der Waals surface area contributed by atoms with Gasteiger partial charge >= 0.3 is 0 Å². The van der Waals surface area contributed by atoms with Crippen LogP contribution in [-0.2, 0) is 4.79 Å². The first kappa shape index (κ1) is 14.3. The van der Waals surface area contributed by atoms with Crippen LogP contribution in [0.25, 0.3) is 10.8 Å². The number of rotatable bonds is 5. The third-order valence-electron chi connectivity index (χ3n) is 3.03. The van der Waals surface area contributed by atoms with Crippen molar-refractivity contribution in [3.05, 3.63) is 64.9 Å². The number of amides is 1. The number of carbonyl (C=O) groups is 1. The summed E-state index contributed by atoms with van der Waals surface area (Å²) in [6.07, 6.45) is 1.61. The monoisotopic (exact) mass is 310 g/mol. The van der Waals surface area contributed by atoms with E-state index >= 15 is 0 Å². The lowest BCUT2D eigenvalue weighted by Crippen LogP contribution is -2.24. The van der Waals surface area contributed by atoms with Crippen molar-refractivity contribution in [2.75, 3.05) is 6.61 Å². The number of nitrogens with one attached hydrogen (secondary N) is 1. The molecule has 3 rings (SSSR count). The lowest BCUT2D eigenvalue weighted by molar-refractivity contribution is -0.123. The number of benzene rings is 2. The van der Waals surface area contributed by atoms with Crippen molar-refractivity contribution in [1.29, 1.82) is 0 Å². The molecule has 22 heavy (non-hydrogen) atoms. The summed E-state index contributed by atoms with van der Waals surface area (Å²) >= 11 is 1.55. The predicted octanol–water partition coefficient (Wildman–Crippen LogP) is 3.43. The Kier molecular flexibility index (Phi) is 4.46. The Bertz CT molecular complexity index is 792. The van der Waals surface area contributed by atoms with Gasteiger partial charge in [0.15, 0.2) is 6.61 Å². The van der Waals surface area contributed by atoms with Gasteiger partial charge in [0, 0.05) is 10.3 Å². The van der Waals surface area contributed by atoms with Gasteiger partial charge in [0.25, 0.3) is 5.91 Å². The van der Waals surface area contributed by atoms with E-state index in [1.54, 1.807) is 17.6 Å². The molecule has 0 radical (unpaired) electrons. The molecule has 0 aliphatic heterocycles. The molecular formula is C17H14N2O2S. The normalized spacial score (nSPS) is 10.9. The van der Waals surface area contributed by atoms with Crippen LogP contribution in [0.5, 0.6) is 5.75 Å². The molecule has 1 N–H and O–H groups in total. The summed E-state index contributed by atoms with van der Waals surface area (Å²) in [6.45, 7) is -0.0736. The number of thiophene rings is 1. The van der Waals surface area contributed by atoms with Gasteiger partial charge in [-0.1, -0.05) is 42.5 Å². The Morgan fingerprint density at radius 2 is 2.00 bits per heavy atom. The molecule has 1 heterocycles. The summed E-state index contributed by atoms with van der Waals surface area (Å²) in [5.41, 5.74) is 2.45. The summed E-state index contributed by atoms with van der Waals surface area (Å²) in [4.78, 5) is 12.7. The van der Waals surface area contributed by atoms with E-state index in [1.807, 2.05) is 60.0 Å². The molecule has 0 aliphatic rings. The molecule has 0 saturated heterocycles. The molecule has 0 spiro atoms. The van der Waals surface area contributed by atoms with Crippen LogP contribution in [-0.4, -0.2) is 18.7 Å². The highest BCUT2D eigenvalue weighted by Gasteiger charge is 2.04. The van der Waals surface area contributed by atoms with Gasteiger partial charge in [-0.3, -0.25) is 4.79 Å². The van der Waals surface area contributed by atoms with E-state index in [4.69, 9.17) is 4.74 Å². The number of hydrogen-bond donors (Lipinski definition) is 1. The molecule has 0 bridgehead atoms. The second-order valence-corrected chi connectivity index (χ2v) is 5.55. The summed E-state index contributed by atoms with van der Waals surface area (Å²) < 4.78 is 5.59. The molecule has 0 unspecified atom stereocenters. The summed E-state index contributed by atoms with van der Waals surface area (Å²) in [5, 5.41) is 7.91. The van der Waals surface area contributed by atoms with Crippen molar-refractivity contribution < 1.29 is 9.53 Å². The van der Waals surface area contributed by atoms with Gasteiger partial charge in [-0.05, 0) is 22.9 Å². The van der Waals surface area contributed by atoms with E-state index < -0.39 is 0 Å². The van der Waals surface area contributed by atoms with Crippen LogP contribution in [0.4, 0.5) is 0 Å². The first-order valence-corrected chi connectivity index (χ1v) is 7.67. The second-order valence-electron chi connectivity index (χ2n) is 4.57. The third-order valence-corrected chi connectivity index (χ3v) is 3.84. The molecule has 0 fully saturated rings. The average molecular weight is 310 g/mol. The zero-order valence-corrected chi connectivity index (χ0v) is 12.5. The highest BCUT2D eigenvalue weighted by Crippen LogP contribution is 2.24. The van der Waals surface area contributed by atoms with Crippen molar-refractivity contribution in [3.63, 3.8) is 0 Å². The number of nitrogens with zero attached hydrogens (tertiary/aromatic N) is 1. The van der Waals surface area contributed by atoms with Crippen LogP contribution in [0.1, 0.15) is 4.88 Å². The van der Waals surface area contributed by atoms with Gasteiger partial charge in [-0.25, -0.2) is 5.43 Å². The molecule has 0 saturated carbocycles. The fourth-order valence-corrected chi connectivity index (χ4v) is 2.61. The molecule has 1 amide bonds. The van der Waals surface area contributed by atoms with Gasteiger partial charge in [0.05, 0.1) is 6.21 Å². The van der Waals surface area contributed by atoms with Gasteiger partial charge in [-0.15, -0.1) is 11.3 Å². The van der Waals surface area contributed by atoms with E-state index in [1.165, 1.54) is 0 Å². The van der Waals surface area contributed by atoms with Crippen LogP contribution in [0.3, 0.4) is 0 Å². The smallest absolute Gasteiger partial charge is 0.277 e. The number of carbonyl (C=O) groups excluding carboxylic acids is 1. The van der Waals surface area contributed by atoms with E-state index in [0.29, 0.717) is 5.75 Å². The molecular weight excluding hydrogens is 296 g/mol. The van der Waals surface area contributed by atoms with Crippen molar-refractivity contribution in [3.8, 4) is 5.75 Å². The number of hydrazone groups is 1. The van der Waals surface area contributed by atoms with E-state index in [9.17, 15) is 4.79 Å². The first-order chi connectivity index (χ1) is 10.8. The molecule has 5 heteroatoms. The van der Waals surface area contributed by atoms with Crippen molar-refractivity contribution >= 4 is 34.2 Å². The zero-order chi connectivity index (χ0) is 15.2. The van der Waals surface area contributed by atoms with Crippen LogP contribution in [0.2, 0.25) is 0 Å². The number of ether oxygens (including phenoxy) is 1. The zero-order valence-electron chi connectivity index (χ0n) is 11.7. The van der Waals surface area contributed by atoms with Gasteiger partial charge in [0.2, 0.25) is 0 Å². The molecule has 0 atom stereocenters. The highest BCUT2D eigenvalue weighted by molar-refractivity contribution is 7.11. The number of hydrogen-bond acceptors (Lipinski definition) is 4. The first-order valence-electron chi connectivity index (χ1n) is 6.79. The van der Waals surface area contributed by atoms with Gasteiger partial charge < -0.3 is 4.74 Å². The fraction of sp³-hybridized carbons (Fsp3) is 0.0588. The molecule has 110 valence electrons. The average Bonchev–Trinajstić information content (AvgIpc) is 3.06. The Morgan fingerprint density at radius 1 is 1.14 bits per heavy atom. The minimum absolute atomic E-state index is 0.0736. The fourth-order valence-electron chi connectivity index (χ4n) is 2.03. The van der Waals surface area contributed by atoms with Crippen molar-refractivity contribution in [1.82, 2.24) is 5.43 Å². The molecule has 0 aliphatic carbocycles. The standard InChI is InChI=1S/C17H14N2O2S/c20-17(19-18-11-14-7-4-10-22-14)12-21-16-9-3-6-13-5-1-2-8-15(13)16/h1-11H,12H2,(H,19,20). The van der Waals surface area contributed by atoms with E-state index in [-0.39, 0.29) is 12.5 Å². The maximum Gasteiger partial charge on any atom is 0.277 e. The van der Waals surface area contributed by atoms with Gasteiger partial charge in [-0.2, -0.15) is 5.10 Å². The Hall–Kier alpha value is -2.66. The Labute approximate surface area is 132 Å². The molecule has 1 aromatic heterocycles. The van der Waals surface area contributed by atoms with E-state index in [0.717, 1.165) is 15.6 Å². The maximum atomic E-state index is 11.7. The van der Waals surface area contributed by atoms with Crippen LogP contribution in [0.15, 0.2) is 65.1 Å². The quantitative estimate of drug-likeness (QED) is 0.580. The topological polar surface area (TPSA) is 50.7 Å².